The number of nitrogens with one attached hydrogen (secondary N) is 2. The molecule has 0 aliphatic rings. The average Bonchev–Trinajstić information content (AvgIpc) is 2.80. The molecule has 0 bridgehead atoms. The van der Waals surface area contributed by atoms with Crippen molar-refractivity contribution in [1.82, 2.24) is 15.3 Å². The van der Waals surface area contributed by atoms with Gasteiger partial charge in [-0.1, -0.05) is 72.8 Å². The molecule has 0 aliphatic carbocycles. The first kappa shape index (κ1) is 19.6. The average molecular weight is 396 g/mol. The number of rotatable bonds is 7. The molecule has 150 valence electrons. The number of carbonyl (C=O) groups is 1. The molecule has 2 N–H and O–H groups in total. The number of hydrogen-bond donors (Lipinski definition) is 2. The lowest BCUT2D eigenvalue weighted by atomic mass is 10.1. The Balaban J connectivity index is 1.45. The van der Waals surface area contributed by atoms with Gasteiger partial charge in [-0.25, -0.2) is 9.97 Å². The topological polar surface area (TPSA) is 66.9 Å². The number of aromatic nitrogens is 2. The molecule has 3 aromatic carbocycles. The normalized spacial score (nSPS) is 11.8. The Hall–Kier alpha value is -3.73. The van der Waals surface area contributed by atoms with E-state index in [9.17, 15) is 4.79 Å². The van der Waals surface area contributed by atoms with Crippen molar-refractivity contribution in [3.05, 3.63) is 90.5 Å². The Kier molecular flexibility index (Phi) is 5.99. The third-order valence-corrected chi connectivity index (χ3v) is 4.96. The van der Waals surface area contributed by atoms with Crippen LogP contribution in [-0.2, 0) is 4.79 Å². The van der Waals surface area contributed by atoms with Crippen LogP contribution in [0.1, 0.15) is 24.9 Å². The Morgan fingerprint density at radius 1 is 0.867 bits per heavy atom. The quantitative estimate of drug-likeness (QED) is 0.462. The zero-order valence-corrected chi connectivity index (χ0v) is 16.9. The number of benzene rings is 3. The fourth-order valence-electron chi connectivity index (χ4n) is 3.36. The van der Waals surface area contributed by atoms with Crippen molar-refractivity contribution in [2.24, 2.45) is 0 Å². The smallest absolute Gasteiger partial charge is 0.222 e. The predicted octanol–water partition coefficient (Wildman–Crippen LogP) is 4.98. The van der Waals surface area contributed by atoms with Gasteiger partial charge in [-0.2, -0.15) is 0 Å². The maximum Gasteiger partial charge on any atom is 0.222 e. The van der Waals surface area contributed by atoms with Gasteiger partial charge in [-0.15, -0.1) is 0 Å². The SMILES string of the molecule is C[C@@H](NC(=O)CCNc1nc(-c2ccccc2)nc2ccccc12)c1ccccc1. The number of carbonyl (C=O) groups excluding carboxylic acids is 1. The molecule has 0 radical (unpaired) electrons. The summed E-state index contributed by atoms with van der Waals surface area (Å²) in [5.74, 6) is 1.41. The van der Waals surface area contributed by atoms with Crippen LogP contribution in [0.2, 0.25) is 0 Å². The second-order valence-corrected chi connectivity index (χ2v) is 7.16. The lowest BCUT2D eigenvalue weighted by Crippen LogP contribution is -2.28. The number of fused-ring (bicyclic) bond motifs is 1. The third kappa shape index (κ3) is 4.63. The molecule has 4 aromatic rings. The Labute approximate surface area is 176 Å². The molecular weight excluding hydrogens is 372 g/mol. The van der Waals surface area contributed by atoms with Crippen molar-refractivity contribution in [3.63, 3.8) is 0 Å². The van der Waals surface area contributed by atoms with E-state index >= 15 is 0 Å². The van der Waals surface area contributed by atoms with Gasteiger partial charge >= 0.3 is 0 Å². The largest absolute Gasteiger partial charge is 0.369 e. The molecule has 0 saturated heterocycles. The standard InChI is InChI=1S/C25H24N4O/c1-18(19-10-4-2-5-11-19)27-23(30)16-17-26-25-21-14-8-9-15-22(21)28-24(29-25)20-12-6-3-7-13-20/h2-15,18H,16-17H2,1H3,(H,27,30)(H,26,28,29)/t18-/m1/s1. The lowest BCUT2D eigenvalue weighted by Gasteiger charge is -2.15. The summed E-state index contributed by atoms with van der Waals surface area (Å²) in [6, 6.07) is 27.7. The highest BCUT2D eigenvalue weighted by Gasteiger charge is 2.11. The molecule has 0 spiro atoms. The van der Waals surface area contributed by atoms with Crippen LogP contribution in [0.15, 0.2) is 84.9 Å². The van der Waals surface area contributed by atoms with Crippen molar-refractivity contribution in [2.45, 2.75) is 19.4 Å². The number of amides is 1. The molecule has 0 fully saturated rings. The zero-order valence-electron chi connectivity index (χ0n) is 16.9. The van der Waals surface area contributed by atoms with Gasteiger partial charge in [-0.3, -0.25) is 4.79 Å². The third-order valence-electron chi connectivity index (χ3n) is 4.96. The van der Waals surface area contributed by atoms with Crippen LogP contribution >= 0.6 is 0 Å². The highest BCUT2D eigenvalue weighted by atomic mass is 16.1. The molecule has 1 amide bonds. The van der Waals surface area contributed by atoms with Crippen LogP contribution in [0.25, 0.3) is 22.3 Å². The highest BCUT2D eigenvalue weighted by Crippen LogP contribution is 2.24. The summed E-state index contributed by atoms with van der Waals surface area (Å²) >= 11 is 0. The summed E-state index contributed by atoms with van der Waals surface area (Å²) in [5, 5.41) is 7.31. The van der Waals surface area contributed by atoms with E-state index in [1.54, 1.807) is 0 Å². The first-order valence-electron chi connectivity index (χ1n) is 10.1. The minimum absolute atomic E-state index is 0.000461. The first-order valence-corrected chi connectivity index (χ1v) is 10.1. The number of para-hydroxylation sites is 1. The van der Waals surface area contributed by atoms with Gasteiger partial charge in [0.05, 0.1) is 11.6 Å². The van der Waals surface area contributed by atoms with E-state index in [-0.39, 0.29) is 11.9 Å². The van der Waals surface area contributed by atoms with Gasteiger partial charge in [0.2, 0.25) is 5.91 Å². The summed E-state index contributed by atoms with van der Waals surface area (Å²) in [6.45, 7) is 2.48. The highest BCUT2D eigenvalue weighted by molar-refractivity contribution is 5.90. The fraction of sp³-hybridized carbons (Fsp3) is 0.160. The molecular formula is C25H24N4O. The molecule has 1 heterocycles. The van der Waals surface area contributed by atoms with Crippen LogP contribution in [0.5, 0.6) is 0 Å². The summed E-state index contributed by atoms with van der Waals surface area (Å²) in [6.07, 6.45) is 0.357. The minimum atomic E-state index is -0.0248. The van der Waals surface area contributed by atoms with Crippen LogP contribution in [0.4, 0.5) is 5.82 Å². The molecule has 0 aliphatic heterocycles. The molecule has 5 nitrogen and oxygen atoms in total. The number of anilines is 1. The Morgan fingerprint density at radius 3 is 2.30 bits per heavy atom. The van der Waals surface area contributed by atoms with Gasteiger partial charge in [0.15, 0.2) is 5.82 Å². The van der Waals surface area contributed by atoms with Gasteiger partial charge in [-0.05, 0) is 24.6 Å². The van der Waals surface area contributed by atoms with Crippen LogP contribution < -0.4 is 10.6 Å². The summed E-state index contributed by atoms with van der Waals surface area (Å²) in [4.78, 5) is 21.8. The monoisotopic (exact) mass is 396 g/mol. The Morgan fingerprint density at radius 2 is 1.53 bits per heavy atom. The van der Waals surface area contributed by atoms with Crippen LogP contribution in [0.3, 0.4) is 0 Å². The van der Waals surface area contributed by atoms with Crippen molar-refractivity contribution in [2.75, 3.05) is 11.9 Å². The molecule has 0 unspecified atom stereocenters. The summed E-state index contributed by atoms with van der Waals surface area (Å²) in [7, 11) is 0. The summed E-state index contributed by atoms with van der Waals surface area (Å²) < 4.78 is 0. The van der Waals surface area contributed by atoms with Crippen LogP contribution in [0, 0.1) is 0 Å². The molecule has 0 saturated carbocycles. The van der Waals surface area contributed by atoms with E-state index < -0.39 is 0 Å². The van der Waals surface area contributed by atoms with Gasteiger partial charge in [0.25, 0.3) is 0 Å². The minimum Gasteiger partial charge on any atom is -0.369 e. The zero-order chi connectivity index (χ0) is 20.8. The fourth-order valence-corrected chi connectivity index (χ4v) is 3.36. The number of hydrogen-bond acceptors (Lipinski definition) is 4. The van der Waals surface area contributed by atoms with E-state index in [1.165, 1.54) is 0 Å². The first-order chi connectivity index (χ1) is 14.7. The van der Waals surface area contributed by atoms with E-state index in [1.807, 2.05) is 91.9 Å². The van der Waals surface area contributed by atoms with Gasteiger partial charge < -0.3 is 10.6 Å². The molecule has 5 heteroatoms. The van der Waals surface area contributed by atoms with Crippen molar-refractivity contribution >= 4 is 22.6 Å². The molecule has 4 rings (SSSR count). The second kappa shape index (κ2) is 9.18. The van der Waals surface area contributed by atoms with Gasteiger partial charge in [0.1, 0.15) is 5.82 Å². The summed E-state index contributed by atoms with van der Waals surface area (Å²) in [5.41, 5.74) is 2.92. The van der Waals surface area contributed by atoms with Crippen molar-refractivity contribution < 1.29 is 4.79 Å². The lowest BCUT2D eigenvalue weighted by molar-refractivity contribution is -0.121. The van der Waals surface area contributed by atoms with E-state index in [0.717, 1.165) is 27.8 Å². The van der Waals surface area contributed by atoms with E-state index in [0.29, 0.717) is 18.8 Å². The van der Waals surface area contributed by atoms with Crippen LogP contribution in [-0.4, -0.2) is 22.4 Å². The predicted molar refractivity (Wildman–Crippen MR) is 121 cm³/mol. The Bertz CT molecular complexity index is 1130. The van der Waals surface area contributed by atoms with Crippen molar-refractivity contribution in [3.8, 4) is 11.4 Å². The second-order valence-electron chi connectivity index (χ2n) is 7.16. The molecule has 30 heavy (non-hydrogen) atoms. The van der Waals surface area contributed by atoms with Gasteiger partial charge in [0, 0.05) is 23.9 Å². The number of nitrogens with zero attached hydrogens (tertiary/aromatic N) is 2. The van der Waals surface area contributed by atoms with E-state index in [4.69, 9.17) is 9.97 Å². The van der Waals surface area contributed by atoms with E-state index in [2.05, 4.69) is 10.6 Å². The maximum absolute atomic E-state index is 12.4. The molecule has 1 aromatic heterocycles. The maximum atomic E-state index is 12.4. The molecule has 1 atom stereocenters. The van der Waals surface area contributed by atoms with Crippen molar-refractivity contribution in [1.29, 1.82) is 0 Å².